The second-order valence-electron chi connectivity index (χ2n) is 7.52. The van der Waals surface area contributed by atoms with Gasteiger partial charge in [0.25, 0.3) is 0 Å². The summed E-state index contributed by atoms with van der Waals surface area (Å²) < 4.78 is 46.9. The number of hydrogen-bond acceptors (Lipinski definition) is 2. The molecule has 2 aromatic carbocycles. The first-order chi connectivity index (χ1) is 14.3. The highest BCUT2D eigenvalue weighted by atomic mass is 32.1. The summed E-state index contributed by atoms with van der Waals surface area (Å²) in [6.07, 6.45) is -1.49. The fourth-order valence-corrected chi connectivity index (χ4v) is 4.58. The van der Waals surface area contributed by atoms with E-state index in [0.717, 1.165) is 52.9 Å². The van der Waals surface area contributed by atoms with E-state index in [1.165, 1.54) is 5.56 Å². The van der Waals surface area contributed by atoms with Crippen molar-refractivity contribution in [2.24, 2.45) is 0 Å². The van der Waals surface area contributed by atoms with Crippen molar-refractivity contribution in [2.75, 3.05) is 0 Å². The summed E-state index contributed by atoms with van der Waals surface area (Å²) in [7, 11) is 0. The van der Waals surface area contributed by atoms with E-state index >= 15 is 0 Å². The van der Waals surface area contributed by atoms with Crippen molar-refractivity contribution in [3.63, 3.8) is 0 Å². The van der Waals surface area contributed by atoms with Gasteiger partial charge in [0.2, 0.25) is 0 Å². The lowest BCUT2D eigenvalue weighted by Crippen LogP contribution is -2.09. The molecule has 5 heteroatoms. The first kappa shape index (κ1) is 22.4. The van der Waals surface area contributed by atoms with Crippen LogP contribution in [0.25, 0.3) is 11.1 Å². The summed E-state index contributed by atoms with van der Waals surface area (Å²) in [5.74, 6) is 0.638. The summed E-state index contributed by atoms with van der Waals surface area (Å²) in [6.45, 7) is 8.07. The van der Waals surface area contributed by atoms with Crippen LogP contribution in [0.3, 0.4) is 0 Å². The van der Waals surface area contributed by atoms with E-state index < -0.39 is 11.1 Å². The average molecular weight is 433 g/mol. The van der Waals surface area contributed by atoms with Gasteiger partial charge in [-0.05, 0) is 71.5 Å². The van der Waals surface area contributed by atoms with Crippen molar-refractivity contribution in [1.82, 2.24) is 0 Å². The van der Waals surface area contributed by atoms with Crippen LogP contribution in [-0.4, -0.2) is 0 Å². The molecule has 1 nitrogen and oxygen atoms in total. The first-order valence-corrected chi connectivity index (χ1v) is 11.1. The lowest BCUT2D eigenvalue weighted by molar-refractivity contribution is -0.135. The standard InChI is InChI=1S/C25H27F3OS/c1-5-7-19-12-13-23(17(4)16(19)3)29-14-21-22(15-30-24(21)25(26,27)28)20-10-8-18(6-2)9-11-20/h8-13,15H,5-7,14H2,1-4H3. The number of benzene rings is 2. The molecule has 3 rings (SSSR count). The number of ether oxygens (including phenoxy) is 1. The Labute approximate surface area is 180 Å². The van der Waals surface area contributed by atoms with E-state index in [4.69, 9.17) is 4.74 Å². The maximum absolute atomic E-state index is 13.7. The molecule has 1 aromatic heterocycles. The molecule has 0 aliphatic rings. The Bertz CT molecular complexity index is 1000. The van der Waals surface area contributed by atoms with Crippen molar-refractivity contribution >= 4 is 11.3 Å². The van der Waals surface area contributed by atoms with Crippen molar-refractivity contribution in [3.05, 3.63) is 74.5 Å². The topological polar surface area (TPSA) is 9.23 Å². The molecule has 0 radical (unpaired) electrons. The fourth-order valence-electron chi connectivity index (χ4n) is 3.62. The number of rotatable bonds is 7. The summed E-state index contributed by atoms with van der Waals surface area (Å²) in [4.78, 5) is -0.589. The predicted molar refractivity (Wildman–Crippen MR) is 118 cm³/mol. The fraction of sp³-hybridized carbons (Fsp3) is 0.360. The normalized spacial score (nSPS) is 11.7. The summed E-state index contributed by atoms with van der Waals surface area (Å²) >= 11 is 0.734. The number of alkyl halides is 3. The molecule has 0 saturated carbocycles. The number of aryl methyl sites for hydroxylation is 2. The van der Waals surface area contributed by atoms with Crippen LogP contribution in [0.4, 0.5) is 13.2 Å². The van der Waals surface area contributed by atoms with E-state index in [1.54, 1.807) is 5.38 Å². The zero-order chi connectivity index (χ0) is 21.9. The Balaban J connectivity index is 1.94. The minimum atomic E-state index is -4.40. The Kier molecular flexibility index (Phi) is 6.91. The van der Waals surface area contributed by atoms with E-state index in [1.807, 2.05) is 50.2 Å². The van der Waals surface area contributed by atoms with Gasteiger partial charge >= 0.3 is 6.18 Å². The van der Waals surface area contributed by atoms with Crippen LogP contribution in [0, 0.1) is 13.8 Å². The van der Waals surface area contributed by atoms with E-state index in [9.17, 15) is 13.2 Å². The first-order valence-electron chi connectivity index (χ1n) is 10.2. The van der Waals surface area contributed by atoms with Gasteiger partial charge in [0.05, 0.1) is 0 Å². The Morgan fingerprint density at radius 2 is 1.63 bits per heavy atom. The minimum Gasteiger partial charge on any atom is -0.489 e. The lowest BCUT2D eigenvalue weighted by atomic mass is 9.99. The molecule has 0 amide bonds. The molecule has 1 heterocycles. The quantitative estimate of drug-likeness (QED) is 0.366. The zero-order valence-corrected chi connectivity index (χ0v) is 18.6. The molecule has 0 atom stereocenters. The number of thiophene rings is 1. The molecule has 0 N–H and O–H groups in total. The molecular formula is C25H27F3OS. The summed E-state index contributed by atoms with van der Waals surface area (Å²) in [5.41, 5.74) is 6.11. The highest BCUT2D eigenvalue weighted by Gasteiger charge is 2.36. The van der Waals surface area contributed by atoms with Crippen LogP contribution in [-0.2, 0) is 25.6 Å². The van der Waals surface area contributed by atoms with Crippen LogP contribution < -0.4 is 4.74 Å². The van der Waals surface area contributed by atoms with Gasteiger partial charge in [0.1, 0.15) is 17.2 Å². The van der Waals surface area contributed by atoms with Crippen LogP contribution in [0.5, 0.6) is 5.75 Å². The van der Waals surface area contributed by atoms with Gasteiger partial charge in [-0.1, -0.05) is 50.6 Å². The van der Waals surface area contributed by atoms with Gasteiger partial charge in [-0.25, -0.2) is 0 Å². The molecule has 30 heavy (non-hydrogen) atoms. The Morgan fingerprint density at radius 3 is 2.23 bits per heavy atom. The SMILES string of the molecule is CCCc1ccc(OCc2c(-c3ccc(CC)cc3)csc2C(F)(F)F)c(C)c1C. The third-order valence-corrected chi connectivity index (χ3v) is 6.63. The highest BCUT2D eigenvalue weighted by Crippen LogP contribution is 2.42. The average Bonchev–Trinajstić information content (AvgIpc) is 3.15. The third-order valence-electron chi connectivity index (χ3n) is 5.57. The van der Waals surface area contributed by atoms with E-state index in [0.29, 0.717) is 11.3 Å². The van der Waals surface area contributed by atoms with E-state index in [2.05, 4.69) is 13.8 Å². The zero-order valence-electron chi connectivity index (χ0n) is 17.8. The van der Waals surface area contributed by atoms with Crippen LogP contribution in [0.15, 0.2) is 41.8 Å². The largest absolute Gasteiger partial charge is 0.489 e. The van der Waals surface area contributed by atoms with Gasteiger partial charge < -0.3 is 4.74 Å². The molecule has 0 fully saturated rings. The molecule has 0 unspecified atom stereocenters. The van der Waals surface area contributed by atoms with Crippen LogP contribution in [0.1, 0.15) is 53.0 Å². The highest BCUT2D eigenvalue weighted by molar-refractivity contribution is 7.10. The van der Waals surface area contributed by atoms with Gasteiger partial charge in [0, 0.05) is 5.56 Å². The Hall–Kier alpha value is -2.27. The third kappa shape index (κ3) is 4.72. The molecule has 0 saturated heterocycles. The van der Waals surface area contributed by atoms with Crippen molar-refractivity contribution < 1.29 is 17.9 Å². The Morgan fingerprint density at radius 1 is 0.933 bits per heavy atom. The predicted octanol–water partition coefficient (Wildman–Crippen LogP) is 8.14. The number of halogens is 3. The van der Waals surface area contributed by atoms with Gasteiger partial charge in [-0.3, -0.25) is 0 Å². The van der Waals surface area contributed by atoms with Crippen molar-refractivity contribution in [3.8, 4) is 16.9 Å². The second-order valence-corrected chi connectivity index (χ2v) is 8.40. The monoisotopic (exact) mass is 432 g/mol. The molecule has 3 aromatic rings. The molecule has 0 aliphatic heterocycles. The number of hydrogen-bond donors (Lipinski definition) is 0. The maximum atomic E-state index is 13.7. The smallest absolute Gasteiger partial charge is 0.426 e. The van der Waals surface area contributed by atoms with Crippen molar-refractivity contribution in [2.45, 2.75) is 59.7 Å². The summed E-state index contributed by atoms with van der Waals surface area (Å²) in [5, 5.41) is 1.59. The van der Waals surface area contributed by atoms with Gasteiger partial charge in [-0.2, -0.15) is 13.2 Å². The molecule has 0 bridgehead atoms. The van der Waals surface area contributed by atoms with Crippen LogP contribution in [0.2, 0.25) is 0 Å². The maximum Gasteiger partial charge on any atom is 0.426 e. The minimum absolute atomic E-state index is 0.114. The van der Waals surface area contributed by atoms with E-state index in [-0.39, 0.29) is 12.2 Å². The molecule has 160 valence electrons. The van der Waals surface area contributed by atoms with Gasteiger partial charge in [-0.15, -0.1) is 11.3 Å². The van der Waals surface area contributed by atoms with Crippen LogP contribution >= 0.6 is 11.3 Å². The molecule has 0 spiro atoms. The van der Waals surface area contributed by atoms with Gasteiger partial charge in [0.15, 0.2) is 0 Å². The van der Waals surface area contributed by atoms with Crippen molar-refractivity contribution in [1.29, 1.82) is 0 Å². The summed E-state index contributed by atoms with van der Waals surface area (Å²) in [6, 6.07) is 11.6. The second kappa shape index (κ2) is 9.25. The molecular weight excluding hydrogens is 405 g/mol. The lowest BCUT2D eigenvalue weighted by Gasteiger charge is -2.16. The molecule has 0 aliphatic carbocycles.